The maximum atomic E-state index is 14.0. The van der Waals surface area contributed by atoms with Gasteiger partial charge in [0, 0.05) is 24.6 Å². The van der Waals surface area contributed by atoms with Gasteiger partial charge in [-0.25, -0.2) is 4.39 Å². The van der Waals surface area contributed by atoms with Gasteiger partial charge in [-0.2, -0.15) is 13.2 Å². The molecule has 10 heteroatoms. The molecule has 1 unspecified atom stereocenters. The van der Waals surface area contributed by atoms with Crippen molar-refractivity contribution in [2.75, 3.05) is 12.4 Å². The van der Waals surface area contributed by atoms with Gasteiger partial charge in [0.15, 0.2) is 0 Å². The third-order valence-corrected chi connectivity index (χ3v) is 5.40. The van der Waals surface area contributed by atoms with Crippen LogP contribution in [-0.4, -0.2) is 18.9 Å². The number of oxime groups is 1. The van der Waals surface area contributed by atoms with Gasteiger partial charge in [-0.05, 0) is 30.3 Å². The Morgan fingerprint density at radius 3 is 2.30 bits per heavy atom. The number of hydrogen-bond acceptors (Lipinski definition) is 3. The molecule has 1 aliphatic heterocycles. The summed E-state index contributed by atoms with van der Waals surface area (Å²) < 4.78 is 55.6. The summed E-state index contributed by atoms with van der Waals surface area (Å²) in [7, 11) is 1.49. The summed E-state index contributed by atoms with van der Waals surface area (Å²) in [5, 5.41) is 5.90. The van der Waals surface area contributed by atoms with Gasteiger partial charge in [-0.3, -0.25) is 0 Å². The number of hydrogen-bond donors (Lipinski definition) is 1. The number of halogens is 7. The topological polar surface area (TPSA) is 33.6 Å². The molecule has 1 aliphatic rings. The smallest absolute Gasteiger partial charge is 0.386 e. The maximum absolute atomic E-state index is 14.0. The van der Waals surface area contributed by atoms with E-state index in [2.05, 4.69) is 10.5 Å². The first-order valence-electron chi connectivity index (χ1n) is 7.53. The van der Waals surface area contributed by atoms with Crippen LogP contribution in [0.5, 0.6) is 0 Å². The largest absolute Gasteiger partial charge is 0.435 e. The number of nitrogens with zero attached hydrogens (tertiary/aromatic N) is 1. The minimum atomic E-state index is -4.83. The van der Waals surface area contributed by atoms with E-state index in [-0.39, 0.29) is 37.6 Å². The molecule has 3 nitrogen and oxygen atoms in total. The molecule has 0 radical (unpaired) electrons. The SMILES string of the molecule is CNc1cc(C2=NOC(c3cc(Cl)c(Cl)c(Cl)c3)(C(F)(F)F)C2)ccc1F. The molecule has 0 saturated carbocycles. The normalized spacial score (nSPS) is 19.6. The highest BCUT2D eigenvalue weighted by Gasteiger charge is 2.62. The fraction of sp³-hybridized carbons (Fsp3) is 0.235. The van der Waals surface area contributed by atoms with E-state index in [0.717, 1.165) is 18.2 Å². The molecular formula is C17H11Cl3F4N2O. The third-order valence-electron chi connectivity index (χ3n) is 4.21. The number of alkyl halides is 3. The first-order chi connectivity index (χ1) is 12.6. The van der Waals surface area contributed by atoms with Crippen LogP contribution in [0.1, 0.15) is 17.5 Å². The van der Waals surface area contributed by atoms with Crippen molar-refractivity contribution in [2.45, 2.75) is 18.2 Å². The second-order valence-electron chi connectivity index (χ2n) is 5.83. The number of anilines is 1. The van der Waals surface area contributed by atoms with Gasteiger partial charge in [0.2, 0.25) is 0 Å². The van der Waals surface area contributed by atoms with Crippen LogP contribution in [0.4, 0.5) is 23.2 Å². The summed E-state index contributed by atoms with van der Waals surface area (Å²) in [6, 6.07) is 5.91. The summed E-state index contributed by atoms with van der Waals surface area (Å²) in [6.45, 7) is 0. The predicted molar refractivity (Wildman–Crippen MR) is 97.4 cm³/mol. The van der Waals surface area contributed by atoms with Gasteiger partial charge in [0.05, 0.1) is 26.5 Å². The van der Waals surface area contributed by atoms with E-state index in [1.165, 1.54) is 19.2 Å². The quantitative estimate of drug-likeness (QED) is 0.441. The predicted octanol–water partition coefficient (Wildman–Crippen LogP) is 6.41. The Bertz CT molecular complexity index is 910. The Morgan fingerprint density at radius 1 is 1.11 bits per heavy atom. The molecule has 3 rings (SSSR count). The average molecular weight is 442 g/mol. The average Bonchev–Trinajstić information content (AvgIpc) is 3.06. The molecule has 1 atom stereocenters. The van der Waals surface area contributed by atoms with Crippen molar-refractivity contribution in [1.29, 1.82) is 0 Å². The lowest BCUT2D eigenvalue weighted by Crippen LogP contribution is -2.42. The lowest BCUT2D eigenvalue weighted by Gasteiger charge is -2.30. The molecule has 0 bridgehead atoms. The van der Waals surface area contributed by atoms with Gasteiger partial charge in [0.25, 0.3) is 5.60 Å². The van der Waals surface area contributed by atoms with Crippen molar-refractivity contribution < 1.29 is 22.4 Å². The minimum Gasteiger partial charge on any atom is -0.386 e. The fourth-order valence-electron chi connectivity index (χ4n) is 2.74. The molecule has 2 aromatic rings. The Balaban J connectivity index is 2.06. The first-order valence-corrected chi connectivity index (χ1v) is 8.67. The standard InChI is InChI=1S/C17H11Cl3F4N2O/c1-25-13-4-8(2-3-12(13)21)14-7-16(27-26-14,17(22,23)24)9-5-10(18)15(20)11(19)6-9/h2-6,25H,7H2,1H3. The Morgan fingerprint density at radius 2 is 1.74 bits per heavy atom. The van der Waals surface area contributed by atoms with E-state index in [1.807, 2.05) is 0 Å². The molecule has 0 amide bonds. The van der Waals surface area contributed by atoms with E-state index in [1.54, 1.807) is 0 Å². The first kappa shape index (κ1) is 20.0. The summed E-state index contributed by atoms with van der Waals surface area (Å²) in [5.41, 5.74) is -2.69. The van der Waals surface area contributed by atoms with Gasteiger partial charge in [-0.1, -0.05) is 40.0 Å². The van der Waals surface area contributed by atoms with Crippen LogP contribution in [0.15, 0.2) is 35.5 Å². The van der Waals surface area contributed by atoms with Crippen LogP contribution in [0, 0.1) is 5.82 Å². The summed E-state index contributed by atoms with van der Waals surface area (Å²) in [5.74, 6) is -0.542. The highest BCUT2D eigenvalue weighted by Crippen LogP contribution is 2.50. The number of benzene rings is 2. The summed E-state index contributed by atoms with van der Waals surface area (Å²) >= 11 is 17.6. The molecule has 0 aromatic heterocycles. The van der Waals surface area contributed by atoms with Gasteiger partial charge < -0.3 is 10.2 Å². The lowest BCUT2D eigenvalue weighted by atomic mass is 9.86. The van der Waals surface area contributed by atoms with E-state index < -0.39 is 24.0 Å². The van der Waals surface area contributed by atoms with Crippen LogP contribution < -0.4 is 5.32 Å². The summed E-state index contributed by atoms with van der Waals surface area (Å²) in [6.07, 6.45) is -5.47. The monoisotopic (exact) mass is 440 g/mol. The molecule has 0 spiro atoms. The minimum absolute atomic E-state index is 0.00557. The Kier molecular flexibility index (Phi) is 5.22. The molecule has 0 aliphatic carbocycles. The second kappa shape index (κ2) is 7.04. The highest BCUT2D eigenvalue weighted by molar-refractivity contribution is 6.48. The highest BCUT2D eigenvalue weighted by atomic mass is 35.5. The lowest BCUT2D eigenvalue weighted by molar-refractivity contribution is -0.275. The zero-order valence-electron chi connectivity index (χ0n) is 13.6. The van der Waals surface area contributed by atoms with Crippen molar-refractivity contribution in [1.82, 2.24) is 0 Å². The van der Waals surface area contributed by atoms with Crippen LogP contribution >= 0.6 is 34.8 Å². The van der Waals surface area contributed by atoms with Crippen LogP contribution in [0.3, 0.4) is 0 Å². The third kappa shape index (κ3) is 3.44. The van der Waals surface area contributed by atoms with Crippen molar-refractivity contribution in [3.8, 4) is 0 Å². The molecule has 27 heavy (non-hydrogen) atoms. The van der Waals surface area contributed by atoms with Gasteiger partial charge in [0.1, 0.15) is 5.82 Å². The van der Waals surface area contributed by atoms with Crippen LogP contribution in [-0.2, 0) is 10.4 Å². The van der Waals surface area contributed by atoms with E-state index in [4.69, 9.17) is 39.6 Å². The molecule has 144 valence electrons. The molecule has 1 N–H and O–H groups in total. The van der Waals surface area contributed by atoms with E-state index >= 15 is 0 Å². The van der Waals surface area contributed by atoms with Crippen molar-refractivity contribution in [2.24, 2.45) is 5.16 Å². The van der Waals surface area contributed by atoms with E-state index in [0.29, 0.717) is 0 Å². The van der Waals surface area contributed by atoms with Crippen molar-refractivity contribution >= 4 is 46.2 Å². The van der Waals surface area contributed by atoms with E-state index in [9.17, 15) is 17.6 Å². The van der Waals surface area contributed by atoms with Crippen LogP contribution in [0.2, 0.25) is 15.1 Å². The number of rotatable bonds is 3. The van der Waals surface area contributed by atoms with Crippen LogP contribution in [0.25, 0.3) is 0 Å². The Labute approximate surface area is 166 Å². The molecular weight excluding hydrogens is 431 g/mol. The second-order valence-corrected chi connectivity index (χ2v) is 7.02. The zero-order valence-corrected chi connectivity index (χ0v) is 15.9. The van der Waals surface area contributed by atoms with Gasteiger partial charge >= 0.3 is 6.18 Å². The Hall–Kier alpha value is -1.70. The number of nitrogens with one attached hydrogen (secondary N) is 1. The maximum Gasteiger partial charge on any atom is 0.435 e. The van der Waals surface area contributed by atoms with Crippen molar-refractivity contribution in [3.05, 3.63) is 62.3 Å². The molecule has 1 heterocycles. The zero-order chi connectivity index (χ0) is 20.0. The molecule has 0 fully saturated rings. The van der Waals surface area contributed by atoms with Crippen molar-refractivity contribution in [3.63, 3.8) is 0 Å². The molecule has 0 saturated heterocycles. The fourth-order valence-corrected chi connectivity index (χ4v) is 3.34. The molecule has 2 aromatic carbocycles. The van der Waals surface area contributed by atoms with Gasteiger partial charge in [-0.15, -0.1) is 0 Å². The summed E-state index contributed by atoms with van der Waals surface area (Å²) in [4.78, 5) is 4.90.